The lowest BCUT2D eigenvalue weighted by Crippen LogP contribution is -2.42. The molecule has 0 aliphatic carbocycles. The van der Waals surface area contributed by atoms with Gasteiger partial charge in [0.2, 0.25) is 0 Å². The van der Waals surface area contributed by atoms with Gasteiger partial charge in [-0.3, -0.25) is 20.4 Å². The average molecular weight is 440 g/mol. The zero-order valence-corrected chi connectivity index (χ0v) is 18.5. The molecule has 0 aliphatic rings. The number of ether oxygens (including phenoxy) is 2. The summed E-state index contributed by atoms with van der Waals surface area (Å²) in [7, 11) is 1.48. The second kappa shape index (κ2) is 9.51. The number of aromatic nitrogens is 2. The van der Waals surface area contributed by atoms with Gasteiger partial charge in [0.05, 0.1) is 35.9 Å². The molecule has 0 bridgehead atoms. The van der Waals surface area contributed by atoms with Crippen molar-refractivity contribution < 1.29 is 23.5 Å². The Hall–Kier alpha value is -3.88. The van der Waals surface area contributed by atoms with Crippen LogP contribution in [0, 0.1) is 19.7 Å². The van der Waals surface area contributed by atoms with Crippen LogP contribution in [0.25, 0.3) is 5.69 Å². The van der Waals surface area contributed by atoms with Gasteiger partial charge in [0.15, 0.2) is 11.5 Å². The predicted octanol–water partition coefficient (Wildman–Crippen LogP) is 3.50. The third-order valence-corrected chi connectivity index (χ3v) is 4.67. The van der Waals surface area contributed by atoms with Crippen molar-refractivity contribution >= 4 is 11.8 Å². The number of aryl methyl sites for hydroxylation is 1. The second-order valence-corrected chi connectivity index (χ2v) is 7.37. The smallest absolute Gasteiger partial charge is 0.273 e. The van der Waals surface area contributed by atoms with E-state index < -0.39 is 11.8 Å². The van der Waals surface area contributed by atoms with Crippen molar-refractivity contribution in [3.8, 4) is 17.2 Å². The van der Waals surface area contributed by atoms with E-state index in [4.69, 9.17) is 9.47 Å². The van der Waals surface area contributed by atoms with E-state index in [1.54, 1.807) is 42.8 Å². The van der Waals surface area contributed by atoms with Crippen LogP contribution in [0.15, 0.2) is 42.5 Å². The molecule has 168 valence electrons. The number of nitrogens with one attached hydrogen (secondary N) is 2. The summed E-state index contributed by atoms with van der Waals surface area (Å²) in [6.45, 7) is 7.18. The van der Waals surface area contributed by atoms with Gasteiger partial charge in [0.25, 0.3) is 11.8 Å². The first kappa shape index (κ1) is 22.8. The van der Waals surface area contributed by atoms with Crippen LogP contribution < -0.4 is 20.3 Å². The van der Waals surface area contributed by atoms with Crippen molar-refractivity contribution in [3.63, 3.8) is 0 Å². The molecular weight excluding hydrogens is 415 g/mol. The summed E-state index contributed by atoms with van der Waals surface area (Å²) in [6.07, 6.45) is -0.0508. The summed E-state index contributed by atoms with van der Waals surface area (Å²) in [4.78, 5) is 25.3. The van der Waals surface area contributed by atoms with E-state index in [1.165, 1.54) is 25.3 Å². The van der Waals surface area contributed by atoms with Crippen molar-refractivity contribution in [2.45, 2.75) is 33.8 Å². The number of benzene rings is 2. The first-order valence-corrected chi connectivity index (χ1v) is 9.98. The summed E-state index contributed by atoms with van der Waals surface area (Å²) in [5, 5.41) is 4.36. The number of halogens is 1. The maximum atomic E-state index is 13.2. The summed E-state index contributed by atoms with van der Waals surface area (Å²) in [5.74, 6) is -0.480. The van der Waals surface area contributed by atoms with Crippen LogP contribution in [0.2, 0.25) is 0 Å². The standard InChI is InChI=1S/C23H25FN4O4/c1-13(2)32-19-11-6-16(12-20(19)31-5)22(29)25-26-23(30)21-14(3)27-28(15(21)4)18-9-7-17(24)8-10-18/h6-13H,1-5H3,(H,25,29)(H,26,30). The van der Waals surface area contributed by atoms with Crippen LogP contribution in [0.5, 0.6) is 11.5 Å². The molecule has 3 rings (SSSR count). The second-order valence-electron chi connectivity index (χ2n) is 7.37. The van der Waals surface area contributed by atoms with Crippen molar-refractivity contribution in [2.24, 2.45) is 0 Å². The molecule has 2 aromatic carbocycles. The molecule has 0 radical (unpaired) electrons. The maximum absolute atomic E-state index is 13.2. The Morgan fingerprint density at radius 1 is 1.00 bits per heavy atom. The minimum Gasteiger partial charge on any atom is -0.493 e. The Bertz CT molecular complexity index is 1140. The lowest BCUT2D eigenvalue weighted by atomic mass is 10.2. The Morgan fingerprint density at radius 2 is 1.66 bits per heavy atom. The van der Waals surface area contributed by atoms with Crippen molar-refractivity contribution in [1.82, 2.24) is 20.6 Å². The molecule has 0 spiro atoms. The van der Waals surface area contributed by atoms with E-state index in [1.807, 2.05) is 13.8 Å². The molecular formula is C23H25FN4O4. The molecule has 0 unspecified atom stereocenters. The Kier molecular flexibility index (Phi) is 6.77. The highest BCUT2D eigenvalue weighted by Gasteiger charge is 2.20. The molecule has 0 fully saturated rings. The van der Waals surface area contributed by atoms with E-state index in [-0.39, 0.29) is 17.5 Å². The van der Waals surface area contributed by atoms with Crippen LogP contribution in [-0.2, 0) is 0 Å². The van der Waals surface area contributed by atoms with E-state index >= 15 is 0 Å². The number of carbonyl (C=O) groups excluding carboxylic acids is 2. The van der Waals surface area contributed by atoms with Gasteiger partial charge in [-0.25, -0.2) is 9.07 Å². The zero-order chi connectivity index (χ0) is 23.4. The van der Waals surface area contributed by atoms with Gasteiger partial charge in [-0.05, 0) is 70.2 Å². The predicted molar refractivity (Wildman–Crippen MR) is 117 cm³/mol. The highest BCUT2D eigenvalue weighted by atomic mass is 19.1. The molecule has 0 saturated heterocycles. The first-order valence-electron chi connectivity index (χ1n) is 9.98. The van der Waals surface area contributed by atoms with Gasteiger partial charge in [-0.2, -0.15) is 5.10 Å². The Labute approximate surface area is 185 Å². The molecule has 9 heteroatoms. The monoisotopic (exact) mass is 440 g/mol. The largest absolute Gasteiger partial charge is 0.493 e. The number of hydrogen-bond acceptors (Lipinski definition) is 5. The first-order chi connectivity index (χ1) is 15.2. The fraction of sp³-hybridized carbons (Fsp3) is 0.261. The number of rotatable bonds is 6. The molecule has 0 atom stereocenters. The van der Waals surface area contributed by atoms with Crippen molar-refractivity contribution in [1.29, 1.82) is 0 Å². The third-order valence-electron chi connectivity index (χ3n) is 4.67. The number of carbonyl (C=O) groups is 2. The van der Waals surface area contributed by atoms with Crippen LogP contribution in [0.4, 0.5) is 4.39 Å². The molecule has 0 saturated carbocycles. The Morgan fingerprint density at radius 3 is 2.28 bits per heavy atom. The molecule has 3 aromatic rings. The molecule has 1 heterocycles. The SMILES string of the molecule is COc1cc(C(=O)NNC(=O)c2c(C)nn(-c3ccc(F)cc3)c2C)ccc1OC(C)C. The highest BCUT2D eigenvalue weighted by Crippen LogP contribution is 2.29. The summed E-state index contributed by atoms with van der Waals surface area (Å²) in [6, 6.07) is 10.5. The van der Waals surface area contributed by atoms with Crippen LogP contribution >= 0.6 is 0 Å². The van der Waals surface area contributed by atoms with Gasteiger partial charge < -0.3 is 9.47 Å². The van der Waals surface area contributed by atoms with Gasteiger partial charge in [-0.1, -0.05) is 0 Å². The Balaban J connectivity index is 1.73. The van der Waals surface area contributed by atoms with Crippen LogP contribution in [-0.4, -0.2) is 34.8 Å². The lowest BCUT2D eigenvalue weighted by Gasteiger charge is -2.14. The minimum atomic E-state index is -0.520. The fourth-order valence-electron chi connectivity index (χ4n) is 3.21. The van der Waals surface area contributed by atoms with Gasteiger partial charge in [0.1, 0.15) is 5.82 Å². The molecule has 2 N–H and O–H groups in total. The summed E-state index contributed by atoms with van der Waals surface area (Å²) in [5.41, 5.74) is 7.05. The molecule has 32 heavy (non-hydrogen) atoms. The third kappa shape index (κ3) is 4.88. The zero-order valence-electron chi connectivity index (χ0n) is 18.5. The highest BCUT2D eigenvalue weighted by molar-refractivity contribution is 6.00. The summed E-state index contributed by atoms with van der Waals surface area (Å²) >= 11 is 0. The van der Waals surface area contributed by atoms with Crippen LogP contribution in [0.3, 0.4) is 0 Å². The number of methoxy groups -OCH3 is 1. The van der Waals surface area contributed by atoms with E-state index in [0.29, 0.717) is 34.1 Å². The van der Waals surface area contributed by atoms with Gasteiger partial charge in [-0.15, -0.1) is 0 Å². The summed E-state index contributed by atoms with van der Waals surface area (Å²) < 4.78 is 25.7. The molecule has 8 nitrogen and oxygen atoms in total. The number of amides is 2. The van der Waals surface area contributed by atoms with E-state index in [0.717, 1.165) is 0 Å². The van der Waals surface area contributed by atoms with Gasteiger partial charge >= 0.3 is 0 Å². The molecule has 2 amide bonds. The number of hydrazine groups is 1. The van der Waals surface area contributed by atoms with Gasteiger partial charge in [0, 0.05) is 5.56 Å². The quantitative estimate of drug-likeness (QED) is 0.572. The minimum absolute atomic E-state index is 0.0508. The topological polar surface area (TPSA) is 94.5 Å². The number of nitrogens with zero attached hydrogens (tertiary/aromatic N) is 2. The van der Waals surface area contributed by atoms with Crippen LogP contribution in [0.1, 0.15) is 46.0 Å². The normalized spacial score (nSPS) is 10.7. The fourth-order valence-corrected chi connectivity index (χ4v) is 3.21. The maximum Gasteiger partial charge on any atom is 0.273 e. The average Bonchev–Trinajstić information content (AvgIpc) is 3.06. The molecule has 0 aliphatic heterocycles. The van der Waals surface area contributed by atoms with E-state index in [9.17, 15) is 14.0 Å². The van der Waals surface area contributed by atoms with E-state index in [2.05, 4.69) is 16.0 Å². The van der Waals surface area contributed by atoms with Crippen molar-refractivity contribution in [2.75, 3.05) is 7.11 Å². The number of hydrogen-bond donors (Lipinski definition) is 2. The van der Waals surface area contributed by atoms with Crippen molar-refractivity contribution in [3.05, 3.63) is 70.8 Å². The molecule has 1 aromatic heterocycles. The lowest BCUT2D eigenvalue weighted by molar-refractivity contribution is 0.0845.